The predicted octanol–water partition coefficient (Wildman–Crippen LogP) is 1.65. The number of nitrogens with zero attached hydrogens (tertiary/aromatic N) is 1. The molecule has 2 aliphatic heterocycles. The molecule has 1 unspecified atom stereocenters. The molecule has 1 spiro atoms. The summed E-state index contributed by atoms with van der Waals surface area (Å²) in [6.07, 6.45) is 4.42. The highest BCUT2D eigenvalue weighted by Gasteiger charge is 2.62. The molecule has 0 amide bonds. The van der Waals surface area contributed by atoms with E-state index in [-0.39, 0.29) is 11.5 Å². The van der Waals surface area contributed by atoms with Crippen LogP contribution in [0.25, 0.3) is 0 Å². The molecule has 1 aromatic carbocycles. The maximum atomic E-state index is 10.6. The average Bonchev–Trinajstić information content (AvgIpc) is 2.88. The second kappa shape index (κ2) is 4.06. The number of hydrogen-bond acceptors (Lipinski definition) is 4. The molecule has 2 aliphatic carbocycles. The molecule has 0 aromatic heterocycles. The molecule has 2 bridgehead atoms. The van der Waals surface area contributed by atoms with Gasteiger partial charge in [-0.25, -0.2) is 0 Å². The van der Waals surface area contributed by atoms with Gasteiger partial charge in [0.2, 0.25) is 0 Å². The molecular formula is C18H21NO3. The van der Waals surface area contributed by atoms with E-state index >= 15 is 0 Å². The summed E-state index contributed by atoms with van der Waals surface area (Å²) in [7, 11) is 3.90. The third-order valence-electron chi connectivity index (χ3n) is 6.21. The zero-order chi connectivity index (χ0) is 15.1. The van der Waals surface area contributed by atoms with Crippen LogP contribution < -0.4 is 9.47 Å². The third-order valence-corrected chi connectivity index (χ3v) is 6.21. The predicted molar refractivity (Wildman–Crippen MR) is 82.5 cm³/mol. The number of methoxy groups -OCH3 is 1. The molecule has 4 aliphatic rings. The Kier molecular flexibility index (Phi) is 2.39. The van der Waals surface area contributed by atoms with Crippen molar-refractivity contribution in [2.45, 2.75) is 42.9 Å². The van der Waals surface area contributed by atoms with Gasteiger partial charge in [0.15, 0.2) is 11.5 Å². The first-order chi connectivity index (χ1) is 10.7. The van der Waals surface area contributed by atoms with Gasteiger partial charge in [-0.1, -0.05) is 12.1 Å². The molecule has 4 nitrogen and oxygen atoms in total. The normalized spacial score (nSPS) is 38.1. The topological polar surface area (TPSA) is 41.9 Å². The van der Waals surface area contributed by atoms with Crippen LogP contribution >= 0.6 is 0 Å². The van der Waals surface area contributed by atoms with Crippen molar-refractivity contribution in [2.75, 3.05) is 20.7 Å². The van der Waals surface area contributed by atoms with E-state index in [1.807, 2.05) is 6.07 Å². The van der Waals surface area contributed by atoms with Crippen molar-refractivity contribution < 1.29 is 14.6 Å². The van der Waals surface area contributed by atoms with Gasteiger partial charge in [0.25, 0.3) is 0 Å². The second-order valence-electron chi connectivity index (χ2n) is 7.05. The van der Waals surface area contributed by atoms with Gasteiger partial charge in [-0.3, -0.25) is 4.90 Å². The Hall–Kier alpha value is -1.52. The van der Waals surface area contributed by atoms with Gasteiger partial charge >= 0.3 is 0 Å². The van der Waals surface area contributed by atoms with Crippen molar-refractivity contribution in [1.82, 2.24) is 4.90 Å². The van der Waals surface area contributed by atoms with Crippen LogP contribution in [-0.2, 0) is 11.8 Å². The molecule has 4 atom stereocenters. The van der Waals surface area contributed by atoms with Gasteiger partial charge < -0.3 is 14.6 Å². The van der Waals surface area contributed by atoms with E-state index in [1.165, 1.54) is 16.7 Å². The van der Waals surface area contributed by atoms with Crippen molar-refractivity contribution in [1.29, 1.82) is 0 Å². The summed E-state index contributed by atoms with van der Waals surface area (Å²) in [5.74, 6) is 1.67. The van der Waals surface area contributed by atoms with Crippen molar-refractivity contribution in [3.8, 4) is 11.5 Å². The molecule has 116 valence electrons. The maximum Gasteiger partial charge on any atom is 0.166 e. The van der Waals surface area contributed by atoms with Crippen LogP contribution in [0, 0.1) is 0 Å². The lowest BCUT2D eigenvalue weighted by atomic mass is 9.56. The molecule has 1 saturated heterocycles. The fourth-order valence-corrected chi connectivity index (χ4v) is 5.25. The van der Waals surface area contributed by atoms with E-state index in [0.717, 1.165) is 30.9 Å². The molecule has 1 N–H and O–H groups in total. The Morgan fingerprint density at radius 2 is 2.27 bits per heavy atom. The first-order valence-electron chi connectivity index (χ1n) is 8.12. The molecule has 0 radical (unpaired) electrons. The highest BCUT2D eigenvalue weighted by molar-refractivity contribution is 5.65. The van der Waals surface area contributed by atoms with Crippen molar-refractivity contribution in [3.05, 3.63) is 34.9 Å². The minimum atomic E-state index is -0.434. The van der Waals surface area contributed by atoms with Crippen LogP contribution in [0.4, 0.5) is 0 Å². The molecule has 5 rings (SSSR count). The van der Waals surface area contributed by atoms with E-state index in [9.17, 15) is 5.11 Å². The molecule has 22 heavy (non-hydrogen) atoms. The van der Waals surface area contributed by atoms with Gasteiger partial charge in [-0.2, -0.15) is 0 Å². The quantitative estimate of drug-likeness (QED) is 0.801. The minimum Gasteiger partial charge on any atom is -0.493 e. The monoisotopic (exact) mass is 299 g/mol. The zero-order valence-electron chi connectivity index (χ0n) is 13.0. The summed E-state index contributed by atoms with van der Waals surface area (Å²) in [5.41, 5.74) is 4.00. The number of rotatable bonds is 1. The third kappa shape index (κ3) is 1.28. The fourth-order valence-electron chi connectivity index (χ4n) is 5.25. The number of ether oxygens (including phenoxy) is 2. The fraction of sp³-hybridized carbons (Fsp3) is 0.556. The van der Waals surface area contributed by atoms with E-state index in [4.69, 9.17) is 9.47 Å². The lowest BCUT2D eigenvalue weighted by Crippen LogP contribution is -2.61. The molecule has 4 heteroatoms. The molecule has 2 heterocycles. The summed E-state index contributed by atoms with van der Waals surface area (Å²) in [5, 5.41) is 10.6. The van der Waals surface area contributed by atoms with E-state index in [0.29, 0.717) is 12.5 Å². The second-order valence-corrected chi connectivity index (χ2v) is 7.05. The maximum absolute atomic E-state index is 10.6. The molecular weight excluding hydrogens is 278 g/mol. The Balaban J connectivity index is 1.84. The summed E-state index contributed by atoms with van der Waals surface area (Å²) in [6.45, 7) is 1.05. The van der Waals surface area contributed by atoms with Crippen molar-refractivity contribution in [3.63, 3.8) is 0 Å². The first-order valence-corrected chi connectivity index (χ1v) is 8.12. The summed E-state index contributed by atoms with van der Waals surface area (Å²) in [6, 6.07) is 4.65. The summed E-state index contributed by atoms with van der Waals surface area (Å²) < 4.78 is 11.8. The summed E-state index contributed by atoms with van der Waals surface area (Å²) >= 11 is 0. The molecule has 1 aromatic rings. The van der Waals surface area contributed by atoms with E-state index in [2.05, 4.69) is 24.1 Å². The van der Waals surface area contributed by atoms with Crippen molar-refractivity contribution >= 4 is 0 Å². The standard InChI is InChI=1S/C18H21NO3/c1-19-8-7-18-11-4-5-13(20)17(18)22-16-14(21-2)6-3-10(15(16)18)9-12(11)19/h3-4,6,12-13,17,20H,5,7-9H2,1-2H3/t12-,13+,17?,18+/m1/s1. The van der Waals surface area contributed by atoms with Crippen LogP contribution in [0.1, 0.15) is 24.0 Å². The largest absolute Gasteiger partial charge is 0.493 e. The van der Waals surface area contributed by atoms with Crippen LogP contribution in [0.3, 0.4) is 0 Å². The zero-order valence-corrected chi connectivity index (χ0v) is 13.0. The highest BCUT2D eigenvalue weighted by atomic mass is 16.5. The lowest BCUT2D eigenvalue weighted by Gasteiger charge is -2.54. The van der Waals surface area contributed by atoms with Crippen LogP contribution in [0.5, 0.6) is 11.5 Å². The minimum absolute atomic E-state index is 0.133. The van der Waals surface area contributed by atoms with Crippen molar-refractivity contribution in [2.24, 2.45) is 0 Å². The van der Waals surface area contributed by atoms with Gasteiger partial charge in [0.05, 0.1) is 18.6 Å². The highest BCUT2D eigenvalue weighted by Crippen LogP contribution is 2.62. The SMILES string of the molecule is COc1ccc2c3c1OC1[C@@H](O)CC=C4[C@@H](C2)N(C)CC[C@]431. The molecule has 1 fully saturated rings. The first kappa shape index (κ1) is 13.0. The van der Waals surface area contributed by atoms with Crippen LogP contribution in [0.2, 0.25) is 0 Å². The van der Waals surface area contributed by atoms with Gasteiger partial charge in [-0.15, -0.1) is 0 Å². The molecule has 0 saturated carbocycles. The van der Waals surface area contributed by atoms with Gasteiger partial charge in [-0.05, 0) is 50.1 Å². The van der Waals surface area contributed by atoms with Crippen LogP contribution in [0.15, 0.2) is 23.8 Å². The van der Waals surface area contributed by atoms with Crippen LogP contribution in [-0.4, -0.2) is 49.0 Å². The van der Waals surface area contributed by atoms with E-state index < -0.39 is 6.10 Å². The Morgan fingerprint density at radius 1 is 1.41 bits per heavy atom. The Morgan fingerprint density at radius 3 is 3.09 bits per heavy atom. The average molecular weight is 299 g/mol. The number of aliphatic hydroxyl groups is 1. The number of aliphatic hydroxyl groups excluding tert-OH is 1. The van der Waals surface area contributed by atoms with E-state index in [1.54, 1.807) is 7.11 Å². The van der Waals surface area contributed by atoms with Gasteiger partial charge in [0, 0.05) is 11.6 Å². The number of hydrogen-bond donors (Lipinski definition) is 1. The summed E-state index contributed by atoms with van der Waals surface area (Å²) in [4.78, 5) is 2.46. The number of likely N-dealkylation sites (tertiary alicyclic amines) is 1. The Bertz CT molecular complexity index is 698. The lowest BCUT2D eigenvalue weighted by molar-refractivity contribution is -0.0124. The number of benzene rings is 1. The number of piperidine rings is 1. The van der Waals surface area contributed by atoms with Gasteiger partial charge in [0.1, 0.15) is 6.10 Å². The number of likely N-dealkylation sites (N-methyl/N-ethyl adjacent to an activating group) is 1. The Labute approximate surface area is 130 Å². The smallest absolute Gasteiger partial charge is 0.166 e.